The Morgan fingerprint density at radius 2 is 1.79 bits per heavy atom. The van der Waals surface area contributed by atoms with Gasteiger partial charge in [0, 0.05) is 45.5 Å². The number of piperazine rings is 1. The number of anilines is 1. The molecule has 1 aromatic heterocycles. The number of unbranched alkanes of at least 4 members (excludes halogenated alkanes) is 1. The summed E-state index contributed by atoms with van der Waals surface area (Å²) in [5.74, 6) is 0.116. The molecule has 0 radical (unpaired) electrons. The van der Waals surface area contributed by atoms with Gasteiger partial charge in [0.05, 0.1) is 18.4 Å². The number of nitrogens with zero attached hydrogens (tertiary/aromatic N) is 4. The lowest BCUT2D eigenvalue weighted by Gasteiger charge is -2.37. The number of ether oxygens (including phenoxy) is 1. The summed E-state index contributed by atoms with van der Waals surface area (Å²) < 4.78 is 5.74. The van der Waals surface area contributed by atoms with Crippen LogP contribution in [-0.2, 0) is 14.3 Å². The fraction of sp³-hybridized carbons (Fsp3) is 0.600. The molecular formula is C25H35N5O4. The van der Waals surface area contributed by atoms with E-state index in [9.17, 15) is 14.4 Å². The molecule has 3 aliphatic rings. The normalized spacial score (nSPS) is 23.7. The molecule has 9 nitrogen and oxygen atoms in total. The lowest BCUT2D eigenvalue weighted by molar-refractivity contribution is -0.141. The van der Waals surface area contributed by atoms with Crippen LogP contribution in [0.3, 0.4) is 0 Å². The summed E-state index contributed by atoms with van der Waals surface area (Å²) in [7, 11) is 0. The van der Waals surface area contributed by atoms with Crippen molar-refractivity contribution in [2.45, 2.75) is 38.7 Å². The number of likely N-dealkylation sites (tertiary alicyclic amines) is 1. The SMILES string of the molecule is CCCCNC(=O)OC(CN1CCN(c2ccccn2)CC1)CN1C(=O)[C@H]2CC=CC[C@H]2C1=O. The molecule has 0 bridgehead atoms. The summed E-state index contributed by atoms with van der Waals surface area (Å²) in [6.45, 7) is 6.36. The first-order valence-corrected chi connectivity index (χ1v) is 12.4. The summed E-state index contributed by atoms with van der Waals surface area (Å²) in [5.41, 5.74) is 0. The number of allylic oxidation sites excluding steroid dienone is 2. The molecule has 9 heteroatoms. The van der Waals surface area contributed by atoms with Crippen molar-refractivity contribution in [1.29, 1.82) is 0 Å². The van der Waals surface area contributed by atoms with Gasteiger partial charge in [-0.05, 0) is 31.4 Å². The number of amides is 3. The standard InChI is InChI=1S/C25H35N5O4/c1-2-3-11-27-25(33)34-19(18-30-23(31)20-8-4-5-9-21(20)24(30)32)17-28-13-15-29(16-14-28)22-10-6-7-12-26-22/h4-7,10,12,19-21H,2-3,8-9,11,13-18H2,1H3,(H,27,33)/t19?,20-,21+. The van der Waals surface area contributed by atoms with E-state index in [1.54, 1.807) is 6.20 Å². The second-order valence-electron chi connectivity index (χ2n) is 9.23. The van der Waals surface area contributed by atoms with Crippen molar-refractivity contribution < 1.29 is 19.1 Å². The number of hydrogen-bond donors (Lipinski definition) is 1. The van der Waals surface area contributed by atoms with Crippen LogP contribution in [-0.4, -0.2) is 84.6 Å². The smallest absolute Gasteiger partial charge is 0.407 e. The molecule has 1 aromatic rings. The Bertz CT molecular complexity index is 859. The highest BCUT2D eigenvalue weighted by Gasteiger charge is 2.48. The van der Waals surface area contributed by atoms with Crippen LogP contribution in [0.15, 0.2) is 36.5 Å². The molecule has 4 rings (SSSR count). The predicted molar refractivity (Wildman–Crippen MR) is 128 cm³/mol. The second-order valence-corrected chi connectivity index (χ2v) is 9.23. The summed E-state index contributed by atoms with van der Waals surface area (Å²) in [6, 6.07) is 5.88. The number of alkyl carbamates (subject to hydrolysis) is 1. The number of fused-ring (bicyclic) bond motifs is 1. The third-order valence-electron chi connectivity index (χ3n) is 6.87. The highest BCUT2D eigenvalue weighted by Crippen LogP contribution is 2.35. The Kier molecular flexibility index (Phi) is 8.16. The van der Waals surface area contributed by atoms with Crippen molar-refractivity contribution in [3.8, 4) is 0 Å². The third kappa shape index (κ3) is 5.75. The monoisotopic (exact) mass is 469 g/mol. The molecule has 2 aliphatic heterocycles. The fourth-order valence-corrected chi connectivity index (χ4v) is 4.93. The minimum atomic E-state index is -0.580. The van der Waals surface area contributed by atoms with Crippen molar-refractivity contribution in [3.05, 3.63) is 36.5 Å². The molecule has 3 heterocycles. The minimum Gasteiger partial charge on any atom is -0.443 e. The third-order valence-corrected chi connectivity index (χ3v) is 6.87. The Labute approximate surface area is 201 Å². The molecule has 0 saturated carbocycles. The van der Waals surface area contributed by atoms with Gasteiger partial charge in [0.15, 0.2) is 0 Å². The average molecular weight is 470 g/mol. The number of nitrogens with one attached hydrogen (secondary N) is 1. The van der Waals surface area contributed by atoms with Crippen molar-refractivity contribution in [2.24, 2.45) is 11.8 Å². The van der Waals surface area contributed by atoms with Crippen molar-refractivity contribution in [2.75, 3.05) is 50.7 Å². The van der Waals surface area contributed by atoms with Crippen LogP contribution < -0.4 is 10.2 Å². The molecule has 184 valence electrons. The Hall–Kier alpha value is -2.94. The lowest BCUT2D eigenvalue weighted by Crippen LogP contribution is -2.52. The molecule has 1 N–H and O–H groups in total. The van der Waals surface area contributed by atoms with Gasteiger partial charge in [0.1, 0.15) is 11.9 Å². The number of pyridine rings is 1. The Balaban J connectivity index is 1.37. The summed E-state index contributed by atoms with van der Waals surface area (Å²) in [6.07, 6.45) is 7.71. The topological polar surface area (TPSA) is 95.1 Å². The predicted octanol–water partition coefficient (Wildman–Crippen LogP) is 2.05. The summed E-state index contributed by atoms with van der Waals surface area (Å²) in [4.78, 5) is 48.6. The van der Waals surface area contributed by atoms with Crippen LogP contribution in [0.1, 0.15) is 32.6 Å². The number of aromatic nitrogens is 1. The van der Waals surface area contributed by atoms with E-state index >= 15 is 0 Å². The quantitative estimate of drug-likeness (QED) is 0.336. The molecular weight excluding hydrogens is 434 g/mol. The maximum absolute atomic E-state index is 13.0. The van der Waals surface area contributed by atoms with Gasteiger partial charge < -0.3 is 15.0 Å². The van der Waals surface area contributed by atoms with E-state index in [0.29, 0.717) is 25.9 Å². The largest absolute Gasteiger partial charge is 0.443 e. The highest BCUT2D eigenvalue weighted by molar-refractivity contribution is 6.05. The van der Waals surface area contributed by atoms with E-state index in [-0.39, 0.29) is 30.2 Å². The zero-order valence-electron chi connectivity index (χ0n) is 19.9. The van der Waals surface area contributed by atoms with Gasteiger partial charge in [0.2, 0.25) is 11.8 Å². The fourth-order valence-electron chi connectivity index (χ4n) is 4.93. The van der Waals surface area contributed by atoms with E-state index in [1.807, 2.05) is 30.4 Å². The molecule has 1 unspecified atom stereocenters. The first-order chi connectivity index (χ1) is 16.6. The number of rotatable bonds is 9. The molecule has 2 fully saturated rings. The highest BCUT2D eigenvalue weighted by atomic mass is 16.6. The minimum absolute atomic E-state index is 0.103. The first-order valence-electron chi connectivity index (χ1n) is 12.4. The van der Waals surface area contributed by atoms with Crippen LogP contribution in [0.4, 0.5) is 10.6 Å². The van der Waals surface area contributed by atoms with Crippen LogP contribution in [0, 0.1) is 11.8 Å². The van der Waals surface area contributed by atoms with Crippen molar-refractivity contribution >= 4 is 23.7 Å². The molecule has 0 aromatic carbocycles. The van der Waals surface area contributed by atoms with Gasteiger partial charge in [-0.15, -0.1) is 0 Å². The molecule has 34 heavy (non-hydrogen) atoms. The average Bonchev–Trinajstić information content (AvgIpc) is 3.10. The van der Waals surface area contributed by atoms with E-state index in [2.05, 4.69) is 27.0 Å². The summed E-state index contributed by atoms with van der Waals surface area (Å²) in [5, 5.41) is 2.78. The number of hydrogen-bond acceptors (Lipinski definition) is 7. The molecule has 1 aliphatic carbocycles. The van der Waals surface area contributed by atoms with E-state index in [1.165, 1.54) is 4.90 Å². The lowest BCUT2D eigenvalue weighted by atomic mass is 9.85. The molecule has 2 saturated heterocycles. The Morgan fingerprint density at radius 1 is 1.09 bits per heavy atom. The van der Waals surface area contributed by atoms with Crippen LogP contribution in [0.2, 0.25) is 0 Å². The molecule has 3 amide bonds. The van der Waals surface area contributed by atoms with Crippen molar-refractivity contribution in [1.82, 2.24) is 20.1 Å². The van der Waals surface area contributed by atoms with E-state index in [0.717, 1.165) is 44.8 Å². The zero-order valence-corrected chi connectivity index (χ0v) is 19.9. The van der Waals surface area contributed by atoms with E-state index < -0.39 is 12.2 Å². The second kappa shape index (κ2) is 11.5. The zero-order chi connectivity index (χ0) is 23.9. The van der Waals surface area contributed by atoms with Gasteiger partial charge in [-0.1, -0.05) is 31.6 Å². The van der Waals surface area contributed by atoms with Crippen LogP contribution in [0.25, 0.3) is 0 Å². The van der Waals surface area contributed by atoms with Crippen LogP contribution >= 0.6 is 0 Å². The molecule has 0 spiro atoms. The van der Waals surface area contributed by atoms with E-state index in [4.69, 9.17) is 4.74 Å². The number of imide groups is 1. The van der Waals surface area contributed by atoms with Crippen molar-refractivity contribution in [3.63, 3.8) is 0 Å². The first kappa shape index (κ1) is 24.2. The summed E-state index contributed by atoms with van der Waals surface area (Å²) >= 11 is 0. The molecule has 3 atom stereocenters. The van der Waals surface area contributed by atoms with Gasteiger partial charge in [-0.3, -0.25) is 19.4 Å². The number of carbonyl (C=O) groups excluding carboxylic acids is 3. The van der Waals surface area contributed by atoms with Gasteiger partial charge in [0.25, 0.3) is 0 Å². The maximum atomic E-state index is 13.0. The van der Waals surface area contributed by atoms with Gasteiger partial charge >= 0.3 is 6.09 Å². The van der Waals surface area contributed by atoms with Gasteiger partial charge in [-0.2, -0.15) is 0 Å². The maximum Gasteiger partial charge on any atom is 0.407 e. The Morgan fingerprint density at radius 3 is 2.41 bits per heavy atom. The van der Waals surface area contributed by atoms with Gasteiger partial charge in [-0.25, -0.2) is 9.78 Å². The number of carbonyl (C=O) groups is 3. The van der Waals surface area contributed by atoms with Crippen LogP contribution in [0.5, 0.6) is 0 Å².